The molecule has 4 aromatic rings. The van der Waals surface area contributed by atoms with Gasteiger partial charge in [0.15, 0.2) is 0 Å². The maximum Gasteiger partial charge on any atom is 0.273 e. The van der Waals surface area contributed by atoms with Crippen molar-refractivity contribution in [2.45, 2.75) is 44.3 Å². The molecule has 0 radical (unpaired) electrons. The number of rotatable bonds is 4. The van der Waals surface area contributed by atoms with Crippen LogP contribution >= 0.6 is 0 Å². The molecule has 8 nitrogen and oxygen atoms in total. The Morgan fingerprint density at radius 1 is 0.946 bits per heavy atom. The number of nitrogens with zero attached hydrogens (tertiary/aromatic N) is 4. The van der Waals surface area contributed by atoms with Gasteiger partial charge < -0.3 is 10.6 Å². The Labute approximate surface area is 216 Å². The summed E-state index contributed by atoms with van der Waals surface area (Å²) in [5.41, 5.74) is 9.46. The first-order chi connectivity index (χ1) is 17.5. The number of fused-ring (bicyclic) bond motifs is 2. The minimum atomic E-state index is -3.80. The highest BCUT2D eigenvalue weighted by molar-refractivity contribution is 7.89. The van der Waals surface area contributed by atoms with Gasteiger partial charge in [-0.15, -0.1) is 0 Å². The van der Waals surface area contributed by atoms with Gasteiger partial charge in [-0.05, 0) is 55.7 Å². The fourth-order valence-corrected chi connectivity index (χ4v) is 6.27. The van der Waals surface area contributed by atoms with Crippen LogP contribution in [0.1, 0.15) is 42.4 Å². The van der Waals surface area contributed by atoms with Crippen LogP contribution in [0.3, 0.4) is 0 Å². The van der Waals surface area contributed by atoms with Gasteiger partial charge in [0.25, 0.3) is 5.91 Å². The molecular formula is C28H29N5O3S. The van der Waals surface area contributed by atoms with E-state index in [2.05, 4.69) is 9.97 Å². The summed E-state index contributed by atoms with van der Waals surface area (Å²) in [6, 6.07) is 20.1. The number of carbonyl (C=O) groups excluding carboxylic acids is 1. The van der Waals surface area contributed by atoms with Crippen molar-refractivity contribution in [1.82, 2.24) is 19.2 Å². The van der Waals surface area contributed by atoms with E-state index in [9.17, 15) is 13.2 Å². The molecule has 2 heterocycles. The SMILES string of the molecule is CN(C(C)(C)C)S(=O)(=O)c1ccccc1-c1ccc2nc(N)nc(C(=O)N3Cc4ccccc4C3)c2c1. The largest absolute Gasteiger partial charge is 0.368 e. The Bertz CT molecular complexity index is 1620. The zero-order chi connectivity index (χ0) is 26.5. The molecule has 37 heavy (non-hydrogen) atoms. The summed E-state index contributed by atoms with van der Waals surface area (Å²) < 4.78 is 28.5. The summed E-state index contributed by atoms with van der Waals surface area (Å²) in [5.74, 6) is -0.240. The first-order valence-corrected chi connectivity index (χ1v) is 13.4. The zero-order valence-corrected chi connectivity index (χ0v) is 22.1. The van der Waals surface area contributed by atoms with Gasteiger partial charge in [0.2, 0.25) is 16.0 Å². The van der Waals surface area contributed by atoms with E-state index < -0.39 is 15.6 Å². The van der Waals surface area contributed by atoms with E-state index in [0.29, 0.717) is 35.1 Å². The second-order valence-electron chi connectivity index (χ2n) is 10.2. The number of anilines is 1. The van der Waals surface area contributed by atoms with Gasteiger partial charge >= 0.3 is 0 Å². The van der Waals surface area contributed by atoms with Crippen molar-refractivity contribution >= 4 is 32.8 Å². The smallest absolute Gasteiger partial charge is 0.273 e. The lowest BCUT2D eigenvalue weighted by molar-refractivity contribution is 0.0747. The number of nitrogen functional groups attached to an aromatic ring is 1. The van der Waals surface area contributed by atoms with Gasteiger partial charge in [0.1, 0.15) is 5.69 Å². The second kappa shape index (κ2) is 8.93. The Morgan fingerprint density at radius 2 is 1.57 bits per heavy atom. The Morgan fingerprint density at radius 3 is 2.22 bits per heavy atom. The van der Waals surface area contributed by atoms with E-state index in [-0.39, 0.29) is 22.4 Å². The molecule has 2 N–H and O–H groups in total. The van der Waals surface area contributed by atoms with Crippen LogP contribution in [0.4, 0.5) is 5.95 Å². The monoisotopic (exact) mass is 515 g/mol. The molecule has 1 aromatic heterocycles. The van der Waals surface area contributed by atoms with Gasteiger partial charge in [0.05, 0.1) is 10.4 Å². The number of hydrogen-bond donors (Lipinski definition) is 1. The summed E-state index contributed by atoms with van der Waals surface area (Å²) >= 11 is 0. The Balaban J connectivity index is 1.61. The predicted molar refractivity (Wildman–Crippen MR) is 144 cm³/mol. The molecule has 1 aliphatic heterocycles. The number of hydrogen-bond acceptors (Lipinski definition) is 6. The van der Waals surface area contributed by atoms with Crippen LogP contribution in [0.25, 0.3) is 22.0 Å². The highest BCUT2D eigenvalue weighted by Gasteiger charge is 2.32. The lowest BCUT2D eigenvalue weighted by atomic mass is 10.0. The van der Waals surface area contributed by atoms with Crippen LogP contribution in [0.2, 0.25) is 0 Å². The first kappa shape index (κ1) is 24.9. The molecule has 0 atom stereocenters. The molecule has 0 fully saturated rings. The number of aromatic nitrogens is 2. The van der Waals surface area contributed by atoms with Crippen molar-refractivity contribution < 1.29 is 13.2 Å². The predicted octanol–water partition coefficient (Wildman–Crippen LogP) is 4.45. The number of carbonyl (C=O) groups is 1. The topological polar surface area (TPSA) is 109 Å². The normalized spacial score (nSPS) is 13.8. The van der Waals surface area contributed by atoms with Crippen LogP contribution in [0, 0.1) is 0 Å². The summed E-state index contributed by atoms with van der Waals surface area (Å²) in [4.78, 5) is 24.2. The van der Waals surface area contributed by atoms with Gasteiger partial charge in [-0.1, -0.05) is 48.5 Å². The highest BCUT2D eigenvalue weighted by atomic mass is 32.2. The maximum absolute atomic E-state index is 13.6. The van der Waals surface area contributed by atoms with Crippen LogP contribution in [-0.2, 0) is 23.1 Å². The van der Waals surface area contributed by atoms with E-state index in [1.807, 2.05) is 45.0 Å². The molecule has 5 rings (SSSR count). The van der Waals surface area contributed by atoms with Gasteiger partial charge in [-0.3, -0.25) is 4.79 Å². The van der Waals surface area contributed by atoms with Crippen LogP contribution in [0.15, 0.2) is 71.6 Å². The van der Waals surface area contributed by atoms with Crippen LogP contribution in [-0.4, -0.2) is 46.1 Å². The molecular weight excluding hydrogens is 486 g/mol. The lowest BCUT2D eigenvalue weighted by Crippen LogP contribution is -2.42. The third kappa shape index (κ3) is 4.45. The zero-order valence-electron chi connectivity index (χ0n) is 21.3. The number of amides is 1. The minimum absolute atomic E-state index is 0.00934. The number of nitrogens with two attached hydrogens (primary N) is 1. The molecule has 1 amide bonds. The van der Waals surface area contributed by atoms with Crippen molar-refractivity contribution in [3.8, 4) is 11.1 Å². The summed E-state index contributed by atoms with van der Waals surface area (Å²) in [6.45, 7) is 6.51. The number of benzene rings is 3. The molecule has 0 saturated carbocycles. The average Bonchev–Trinajstić information content (AvgIpc) is 3.31. The molecule has 0 unspecified atom stereocenters. The second-order valence-corrected chi connectivity index (χ2v) is 12.2. The fraction of sp³-hybridized carbons (Fsp3) is 0.250. The average molecular weight is 516 g/mol. The van der Waals surface area contributed by atoms with Crippen LogP contribution < -0.4 is 5.73 Å². The molecule has 1 aliphatic rings. The van der Waals surface area contributed by atoms with Gasteiger partial charge in [-0.25, -0.2) is 18.4 Å². The minimum Gasteiger partial charge on any atom is -0.368 e. The molecule has 0 saturated heterocycles. The van der Waals surface area contributed by atoms with E-state index >= 15 is 0 Å². The van der Waals surface area contributed by atoms with Crippen molar-refractivity contribution in [3.63, 3.8) is 0 Å². The molecule has 3 aromatic carbocycles. The summed E-state index contributed by atoms with van der Waals surface area (Å²) in [7, 11) is -2.22. The summed E-state index contributed by atoms with van der Waals surface area (Å²) in [6.07, 6.45) is 0. The summed E-state index contributed by atoms with van der Waals surface area (Å²) in [5, 5.41) is 0.518. The maximum atomic E-state index is 13.6. The van der Waals surface area contributed by atoms with E-state index in [4.69, 9.17) is 5.73 Å². The van der Waals surface area contributed by atoms with E-state index in [1.165, 1.54) is 4.31 Å². The lowest BCUT2D eigenvalue weighted by Gasteiger charge is -2.31. The van der Waals surface area contributed by atoms with Gasteiger partial charge in [-0.2, -0.15) is 4.31 Å². The highest BCUT2D eigenvalue weighted by Crippen LogP contribution is 2.34. The molecule has 0 bridgehead atoms. The van der Waals surface area contributed by atoms with Gasteiger partial charge in [0, 0.05) is 36.6 Å². The van der Waals surface area contributed by atoms with Crippen molar-refractivity contribution in [3.05, 3.63) is 83.6 Å². The van der Waals surface area contributed by atoms with Crippen LogP contribution in [0.5, 0.6) is 0 Å². The molecule has 9 heteroatoms. The fourth-order valence-electron chi connectivity index (χ4n) is 4.54. The van der Waals surface area contributed by atoms with E-state index in [0.717, 1.165) is 11.1 Å². The van der Waals surface area contributed by atoms with Crippen molar-refractivity contribution in [1.29, 1.82) is 0 Å². The van der Waals surface area contributed by atoms with Crippen molar-refractivity contribution in [2.75, 3.05) is 12.8 Å². The quantitative estimate of drug-likeness (QED) is 0.430. The molecule has 0 aliphatic carbocycles. The third-order valence-electron chi connectivity index (χ3n) is 6.82. The molecule has 0 spiro atoms. The standard InChI is InChI=1S/C28H29N5O3S/c1-28(2,3)32(4)37(35,36)24-12-8-7-11-21(24)18-13-14-23-22(15-18)25(31-27(29)30-23)26(34)33-16-19-9-5-6-10-20(19)17-33/h5-15H,16-17H2,1-4H3,(H2,29,30,31). The van der Waals surface area contributed by atoms with E-state index in [1.54, 1.807) is 54.4 Å². The van der Waals surface area contributed by atoms with Crippen molar-refractivity contribution in [2.24, 2.45) is 0 Å². The Hall–Kier alpha value is -3.82. The molecule has 190 valence electrons. The third-order valence-corrected chi connectivity index (χ3v) is 9.01. The number of sulfonamides is 1. The Kier molecular flexibility index (Phi) is 6.00. The first-order valence-electron chi connectivity index (χ1n) is 12.0.